The predicted molar refractivity (Wildman–Crippen MR) is 147 cm³/mol. The molecule has 0 radical (unpaired) electrons. The van der Waals surface area contributed by atoms with Crippen LogP contribution in [0.1, 0.15) is 64.5 Å². The third-order valence-corrected chi connectivity index (χ3v) is 7.27. The van der Waals surface area contributed by atoms with E-state index in [0.717, 1.165) is 28.0 Å². The van der Waals surface area contributed by atoms with Crippen molar-refractivity contribution >= 4 is 51.5 Å². The van der Waals surface area contributed by atoms with Gasteiger partial charge in [0.25, 0.3) is 11.8 Å². The van der Waals surface area contributed by atoms with Gasteiger partial charge in [0.15, 0.2) is 5.69 Å². The molecule has 192 valence electrons. The minimum absolute atomic E-state index is 0.0303. The van der Waals surface area contributed by atoms with E-state index < -0.39 is 23.4 Å². The molecule has 1 atom stereocenters. The van der Waals surface area contributed by atoms with Crippen molar-refractivity contribution in [3.05, 3.63) is 76.4 Å². The van der Waals surface area contributed by atoms with Crippen LogP contribution in [0, 0.1) is 6.92 Å². The number of aromatic nitrogens is 2. The van der Waals surface area contributed by atoms with Gasteiger partial charge in [0, 0.05) is 33.9 Å². The fourth-order valence-corrected chi connectivity index (χ4v) is 4.85. The minimum atomic E-state index is -1.06. The molecular formula is C27H30N6O3S. The van der Waals surface area contributed by atoms with E-state index in [4.69, 9.17) is 11.5 Å². The van der Waals surface area contributed by atoms with Gasteiger partial charge >= 0.3 is 0 Å². The van der Waals surface area contributed by atoms with Crippen molar-refractivity contribution in [3.8, 4) is 0 Å². The number of aromatic amines is 1. The highest BCUT2D eigenvalue weighted by molar-refractivity contribution is 7.09. The van der Waals surface area contributed by atoms with Gasteiger partial charge in [-0.15, -0.1) is 0 Å². The first-order valence-electron chi connectivity index (χ1n) is 11.9. The van der Waals surface area contributed by atoms with Gasteiger partial charge in [-0.2, -0.15) is 4.37 Å². The fraction of sp³-hybridized carbons (Fsp3) is 0.259. The molecule has 0 bridgehead atoms. The molecule has 9 nitrogen and oxygen atoms in total. The predicted octanol–water partition coefficient (Wildman–Crippen LogP) is 4.31. The molecule has 0 unspecified atom stereocenters. The Hall–Kier alpha value is -4.18. The van der Waals surface area contributed by atoms with Crippen molar-refractivity contribution in [1.82, 2.24) is 14.7 Å². The molecule has 0 spiro atoms. The lowest BCUT2D eigenvalue weighted by molar-refractivity contribution is -0.124. The van der Waals surface area contributed by atoms with Crippen molar-refractivity contribution in [2.75, 3.05) is 10.6 Å². The number of aryl methyl sites for hydroxylation is 1. The molecule has 2 heterocycles. The number of nitrogens with two attached hydrogens (primary N) is 2. The van der Waals surface area contributed by atoms with E-state index in [2.05, 4.69) is 14.7 Å². The van der Waals surface area contributed by atoms with E-state index >= 15 is 0 Å². The summed E-state index contributed by atoms with van der Waals surface area (Å²) in [5, 5.41) is 3.91. The number of amides is 3. The third kappa shape index (κ3) is 5.05. The Morgan fingerprint density at radius 3 is 2.54 bits per heavy atom. The number of anilines is 2. The van der Waals surface area contributed by atoms with Crippen LogP contribution in [0.4, 0.5) is 11.4 Å². The van der Waals surface area contributed by atoms with E-state index in [1.54, 1.807) is 12.3 Å². The maximum atomic E-state index is 14.2. The maximum Gasteiger partial charge on any atom is 0.273 e. The number of fused-ring (bicyclic) bond motifs is 1. The summed E-state index contributed by atoms with van der Waals surface area (Å²) >= 11 is 0.781. The van der Waals surface area contributed by atoms with Gasteiger partial charge in [-0.1, -0.05) is 37.3 Å². The van der Waals surface area contributed by atoms with Crippen molar-refractivity contribution in [2.24, 2.45) is 5.73 Å². The number of nitrogens with one attached hydrogen (secondary N) is 2. The number of carbonyl (C=O) groups excluding carboxylic acids is 3. The van der Waals surface area contributed by atoms with Crippen LogP contribution in [-0.4, -0.2) is 32.6 Å². The monoisotopic (exact) mass is 518 g/mol. The number of H-pyrrole nitrogens is 1. The van der Waals surface area contributed by atoms with E-state index in [1.807, 2.05) is 70.2 Å². The molecule has 2 aromatic heterocycles. The Labute approximate surface area is 219 Å². The van der Waals surface area contributed by atoms with Gasteiger partial charge in [-0.25, -0.2) is 0 Å². The van der Waals surface area contributed by atoms with Crippen LogP contribution < -0.4 is 21.7 Å². The van der Waals surface area contributed by atoms with Crippen LogP contribution in [0.5, 0.6) is 0 Å². The van der Waals surface area contributed by atoms with E-state index in [1.165, 1.54) is 4.90 Å². The summed E-state index contributed by atoms with van der Waals surface area (Å²) in [6.45, 7) is 7.74. The van der Waals surface area contributed by atoms with Crippen LogP contribution in [0.3, 0.4) is 0 Å². The molecule has 6 N–H and O–H groups in total. The quantitative estimate of drug-likeness (QED) is 0.274. The summed E-state index contributed by atoms with van der Waals surface area (Å²) in [5.74, 6) is -1.75. The van der Waals surface area contributed by atoms with Gasteiger partial charge in [-0.3, -0.25) is 19.3 Å². The number of nitrogen functional groups attached to an aromatic ring is 1. The van der Waals surface area contributed by atoms with Crippen LogP contribution in [0.25, 0.3) is 10.9 Å². The molecule has 2 aromatic carbocycles. The fourth-order valence-electron chi connectivity index (χ4n) is 4.11. The van der Waals surface area contributed by atoms with Gasteiger partial charge in [0.1, 0.15) is 10.9 Å². The summed E-state index contributed by atoms with van der Waals surface area (Å²) in [5.41, 5.74) is 13.6. The number of nitrogens with zero attached hydrogens (tertiary/aromatic N) is 2. The molecule has 0 saturated carbocycles. The lowest BCUT2D eigenvalue weighted by atomic mass is 9.97. The Morgan fingerprint density at radius 1 is 1.16 bits per heavy atom. The zero-order valence-electron chi connectivity index (χ0n) is 21.2. The molecule has 0 aliphatic carbocycles. The van der Waals surface area contributed by atoms with Crippen molar-refractivity contribution < 1.29 is 14.4 Å². The largest absolute Gasteiger partial charge is 0.395 e. The molecular weight excluding hydrogens is 488 g/mol. The number of carbonyl (C=O) groups is 3. The SMILES string of the molecule is CCC(C)(C)NC(=O)[C@@H](c1c[nH]c2ccccc12)N(C(=O)c1snc(C(N)=O)c1N)c1cccc(C)c1. The number of hydrogen-bond acceptors (Lipinski definition) is 6. The van der Waals surface area contributed by atoms with Gasteiger partial charge < -0.3 is 21.8 Å². The number of benzene rings is 2. The molecule has 4 rings (SSSR count). The average Bonchev–Trinajstić information content (AvgIpc) is 3.45. The molecule has 3 amide bonds. The first kappa shape index (κ1) is 25.9. The molecule has 10 heteroatoms. The lowest BCUT2D eigenvalue weighted by Crippen LogP contribution is -2.50. The Bertz CT molecular complexity index is 1490. The molecule has 0 saturated heterocycles. The first-order valence-corrected chi connectivity index (χ1v) is 12.6. The van der Waals surface area contributed by atoms with Crippen molar-refractivity contribution in [1.29, 1.82) is 0 Å². The zero-order chi connectivity index (χ0) is 26.9. The van der Waals surface area contributed by atoms with Crippen molar-refractivity contribution in [3.63, 3.8) is 0 Å². The Balaban J connectivity index is 1.96. The second kappa shape index (κ2) is 10.1. The van der Waals surface area contributed by atoms with Crippen LogP contribution in [0.15, 0.2) is 54.7 Å². The molecule has 4 aromatic rings. The summed E-state index contributed by atoms with van der Waals surface area (Å²) in [6, 6.07) is 13.8. The summed E-state index contributed by atoms with van der Waals surface area (Å²) in [7, 11) is 0. The second-order valence-corrected chi connectivity index (χ2v) is 10.3. The van der Waals surface area contributed by atoms with E-state index in [0.29, 0.717) is 17.7 Å². The Morgan fingerprint density at radius 2 is 1.89 bits per heavy atom. The van der Waals surface area contributed by atoms with Gasteiger partial charge in [0.05, 0.1) is 5.69 Å². The normalized spacial score (nSPS) is 12.3. The minimum Gasteiger partial charge on any atom is -0.395 e. The lowest BCUT2D eigenvalue weighted by Gasteiger charge is -2.34. The number of rotatable bonds is 8. The van der Waals surface area contributed by atoms with Crippen LogP contribution in [0.2, 0.25) is 0 Å². The number of primary amides is 1. The maximum absolute atomic E-state index is 14.2. The molecule has 0 aliphatic heterocycles. The third-order valence-electron chi connectivity index (χ3n) is 6.42. The summed E-state index contributed by atoms with van der Waals surface area (Å²) in [6.07, 6.45) is 2.43. The highest BCUT2D eigenvalue weighted by Gasteiger charge is 2.38. The number of hydrogen-bond donors (Lipinski definition) is 4. The average molecular weight is 519 g/mol. The first-order chi connectivity index (χ1) is 17.5. The van der Waals surface area contributed by atoms with Crippen molar-refractivity contribution in [2.45, 2.75) is 45.7 Å². The Kier molecular flexibility index (Phi) is 7.04. The number of para-hydroxylation sites is 1. The smallest absolute Gasteiger partial charge is 0.273 e. The summed E-state index contributed by atoms with van der Waals surface area (Å²) < 4.78 is 4.01. The van der Waals surface area contributed by atoms with E-state index in [-0.39, 0.29) is 22.2 Å². The van der Waals surface area contributed by atoms with Gasteiger partial charge in [0.2, 0.25) is 5.91 Å². The van der Waals surface area contributed by atoms with E-state index in [9.17, 15) is 14.4 Å². The molecule has 0 aliphatic rings. The highest BCUT2D eigenvalue weighted by atomic mass is 32.1. The van der Waals surface area contributed by atoms with Gasteiger partial charge in [-0.05, 0) is 62.5 Å². The van der Waals surface area contributed by atoms with Crippen LogP contribution >= 0.6 is 11.5 Å². The topological polar surface area (TPSA) is 147 Å². The second-order valence-electron chi connectivity index (χ2n) is 9.57. The molecule has 37 heavy (non-hydrogen) atoms. The summed E-state index contributed by atoms with van der Waals surface area (Å²) in [4.78, 5) is 44.7. The standard InChI is InChI=1S/C27H30N6O3S/c1-5-27(3,4)31-25(35)22(18-14-30-19-12-7-6-11-17(18)19)33(16-10-8-9-15(2)13-16)26(36)23-20(28)21(24(29)34)32-37-23/h6-14,22,30H,5,28H2,1-4H3,(H2,29,34)(H,31,35)/t22-/m1/s1. The zero-order valence-corrected chi connectivity index (χ0v) is 22.0. The highest BCUT2D eigenvalue weighted by Crippen LogP contribution is 2.36. The molecule has 0 fully saturated rings. The van der Waals surface area contributed by atoms with Crippen LogP contribution in [-0.2, 0) is 4.79 Å².